The number of ether oxygens (including phenoxy) is 1. The van der Waals surface area contributed by atoms with Crippen LogP contribution in [0.3, 0.4) is 0 Å². The Bertz CT molecular complexity index is 936. The first-order valence-electron chi connectivity index (χ1n) is 8.68. The molecule has 1 aromatic heterocycles. The lowest BCUT2D eigenvalue weighted by Gasteiger charge is -2.20. The number of para-hydroxylation sites is 1. The van der Waals surface area contributed by atoms with Crippen LogP contribution in [0.1, 0.15) is 41.4 Å². The van der Waals surface area contributed by atoms with Crippen LogP contribution in [0, 0.1) is 6.92 Å². The Hall–Kier alpha value is -3.08. The number of carbonyl (C=O) groups excluding carboxylic acids is 1. The normalized spacial score (nSPS) is 12.0. The summed E-state index contributed by atoms with van der Waals surface area (Å²) in [7, 11) is 0. The van der Waals surface area contributed by atoms with Gasteiger partial charge in [0.15, 0.2) is 0 Å². The Kier molecular flexibility index (Phi) is 5.07. The van der Waals surface area contributed by atoms with Crippen molar-refractivity contribution >= 4 is 22.5 Å². The average Bonchev–Trinajstić information content (AvgIpc) is 2.64. The summed E-state index contributed by atoms with van der Waals surface area (Å²) in [5.41, 5.74) is 9.65. The van der Waals surface area contributed by atoms with E-state index in [2.05, 4.69) is 29.4 Å². The molecular weight excluding hydrogens is 326 g/mol. The lowest BCUT2D eigenvalue weighted by Crippen LogP contribution is -2.13. The molecular formula is C21H23N3O2. The molecule has 0 aliphatic carbocycles. The number of hydrogen-bond acceptors (Lipinski definition) is 4. The molecule has 5 heteroatoms. The molecule has 0 saturated heterocycles. The molecule has 0 spiro atoms. The summed E-state index contributed by atoms with van der Waals surface area (Å²) in [6.07, 6.45) is 1.77. The monoisotopic (exact) mass is 349 g/mol. The maximum Gasteiger partial charge on any atom is 0.250 e. The predicted octanol–water partition coefficient (Wildman–Crippen LogP) is 4.21. The van der Waals surface area contributed by atoms with Crippen molar-refractivity contribution in [3.05, 3.63) is 65.4 Å². The van der Waals surface area contributed by atoms with E-state index in [0.29, 0.717) is 17.7 Å². The number of hydrogen-bond donors (Lipinski definition) is 2. The van der Waals surface area contributed by atoms with E-state index >= 15 is 0 Å². The summed E-state index contributed by atoms with van der Waals surface area (Å²) < 4.78 is 5.50. The van der Waals surface area contributed by atoms with Gasteiger partial charge in [-0.2, -0.15) is 0 Å². The van der Waals surface area contributed by atoms with Gasteiger partial charge in [0, 0.05) is 23.3 Å². The van der Waals surface area contributed by atoms with Gasteiger partial charge in [-0.15, -0.1) is 0 Å². The molecule has 26 heavy (non-hydrogen) atoms. The summed E-state index contributed by atoms with van der Waals surface area (Å²) >= 11 is 0. The Morgan fingerprint density at radius 1 is 1.23 bits per heavy atom. The van der Waals surface area contributed by atoms with E-state index in [1.165, 1.54) is 0 Å². The highest BCUT2D eigenvalue weighted by atomic mass is 16.5. The van der Waals surface area contributed by atoms with Crippen LogP contribution in [-0.4, -0.2) is 17.5 Å². The van der Waals surface area contributed by atoms with Gasteiger partial charge in [-0.1, -0.05) is 24.3 Å². The number of nitrogens with two attached hydrogens (primary N) is 1. The molecule has 0 bridgehead atoms. The molecule has 5 nitrogen and oxygen atoms in total. The van der Waals surface area contributed by atoms with Gasteiger partial charge < -0.3 is 15.8 Å². The first kappa shape index (κ1) is 17.7. The maximum atomic E-state index is 11.7. The average molecular weight is 349 g/mol. The Labute approximate surface area is 153 Å². The molecule has 3 N–H and O–H groups in total. The van der Waals surface area contributed by atoms with Gasteiger partial charge in [-0.25, -0.2) is 0 Å². The standard InChI is InChI=1S/C21H23N3O2/c1-4-26-16-10-8-15(9-11-16)14(3)24-19-13(2)12-23-20-17(19)6-5-7-18(20)21(22)25/h5-12,14H,4H2,1-3H3,(H2,22,25)(H,23,24)/t14-/m1/s1. The van der Waals surface area contributed by atoms with E-state index in [-0.39, 0.29) is 6.04 Å². The quantitative estimate of drug-likeness (QED) is 0.699. The number of anilines is 1. The van der Waals surface area contributed by atoms with Gasteiger partial charge in [0.25, 0.3) is 5.91 Å². The Morgan fingerprint density at radius 2 is 1.96 bits per heavy atom. The summed E-state index contributed by atoms with van der Waals surface area (Å²) in [5.74, 6) is 0.387. The number of rotatable bonds is 6. The molecule has 1 heterocycles. The number of pyridine rings is 1. The van der Waals surface area contributed by atoms with Crippen molar-refractivity contribution in [2.45, 2.75) is 26.8 Å². The third-order valence-electron chi connectivity index (χ3n) is 4.40. The minimum absolute atomic E-state index is 0.0761. The van der Waals surface area contributed by atoms with Crippen LogP contribution in [0.15, 0.2) is 48.7 Å². The first-order valence-corrected chi connectivity index (χ1v) is 8.68. The Morgan fingerprint density at radius 3 is 2.62 bits per heavy atom. The summed E-state index contributed by atoms with van der Waals surface area (Å²) in [6.45, 7) is 6.71. The number of aromatic nitrogens is 1. The van der Waals surface area contributed by atoms with Gasteiger partial charge in [0.05, 0.1) is 17.7 Å². The van der Waals surface area contributed by atoms with Crippen LogP contribution >= 0.6 is 0 Å². The Balaban J connectivity index is 1.96. The van der Waals surface area contributed by atoms with Crippen molar-refractivity contribution in [1.82, 2.24) is 4.98 Å². The second-order valence-corrected chi connectivity index (χ2v) is 6.25. The fourth-order valence-corrected chi connectivity index (χ4v) is 3.03. The summed E-state index contributed by atoms with van der Waals surface area (Å²) in [5, 5.41) is 4.44. The third-order valence-corrected chi connectivity index (χ3v) is 4.40. The molecule has 0 fully saturated rings. The second kappa shape index (κ2) is 7.44. The molecule has 1 atom stereocenters. The van der Waals surface area contributed by atoms with Crippen molar-refractivity contribution in [1.29, 1.82) is 0 Å². The van der Waals surface area contributed by atoms with Crippen LogP contribution in [0.5, 0.6) is 5.75 Å². The van der Waals surface area contributed by atoms with Gasteiger partial charge in [0.1, 0.15) is 5.75 Å². The van der Waals surface area contributed by atoms with E-state index in [4.69, 9.17) is 10.5 Å². The number of benzene rings is 2. The molecule has 0 aliphatic rings. The molecule has 1 amide bonds. The summed E-state index contributed by atoms with van der Waals surface area (Å²) in [4.78, 5) is 16.1. The number of amides is 1. The lowest BCUT2D eigenvalue weighted by atomic mass is 10.0. The number of primary amides is 1. The van der Waals surface area contributed by atoms with Crippen LogP contribution in [0.25, 0.3) is 10.9 Å². The van der Waals surface area contributed by atoms with Gasteiger partial charge >= 0.3 is 0 Å². The molecule has 134 valence electrons. The molecule has 0 radical (unpaired) electrons. The number of aryl methyl sites for hydroxylation is 1. The lowest BCUT2D eigenvalue weighted by molar-refractivity contribution is 0.100. The van der Waals surface area contributed by atoms with Gasteiger partial charge in [-0.3, -0.25) is 9.78 Å². The number of carbonyl (C=O) groups is 1. The van der Waals surface area contributed by atoms with Gasteiger partial charge in [-0.05, 0) is 50.1 Å². The molecule has 0 unspecified atom stereocenters. The van der Waals surface area contributed by atoms with Crippen molar-refractivity contribution in [2.24, 2.45) is 5.73 Å². The third kappa shape index (κ3) is 3.47. The molecule has 0 saturated carbocycles. The highest BCUT2D eigenvalue weighted by Crippen LogP contribution is 2.31. The fourth-order valence-electron chi connectivity index (χ4n) is 3.03. The van der Waals surface area contributed by atoms with Crippen molar-refractivity contribution in [2.75, 3.05) is 11.9 Å². The zero-order chi connectivity index (χ0) is 18.7. The van der Waals surface area contributed by atoms with E-state index in [1.807, 2.05) is 38.1 Å². The minimum atomic E-state index is -0.475. The highest BCUT2D eigenvalue weighted by Gasteiger charge is 2.14. The second-order valence-electron chi connectivity index (χ2n) is 6.25. The van der Waals surface area contributed by atoms with Crippen LogP contribution < -0.4 is 15.8 Å². The topological polar surface area (TPSA) is 77.2 Å². The first-order chi connectivity index (χ1) is 12.5. The van der Waals surface area contributed by atoms with Gasteiger partial charge in [0.2, 0.25) is 0 Å². The smallest absolute Gasteiger partial charge is 0.250 e. The van der Waals surface area contributed by atoms with Crippen LogP contribution in [-0.2, 0) is 0 Å². The molecule has 3 aromatic rings. The van der Waals surface area contributed by atoms with E-state index < -0.39 is 5.91 Å². The van der Waals surface area contributed by atoms with E-state index in [0.717, 1.165) is 28.0 Å². The molecule has 2 aromatic carbocycles. The largest absolute Gasteiger partial charge is 0.494 e. The van der Waals surface area contributed by atoms with Crippen molar-refractivity contribution < 1.29 is 9.53 Å². The zero-order valence-corrected chi connectivity index (χ0v) is 15.2. The number of nitrogens with one attached hydrogen (secondary N) is 1. The maximum absolute atomic E-state index is 11.7. The number of nitrogens with zero attached hydrogens (tertiary/aromatic N) is 1. The SMILES string of the molecule is CCOc1ccc([C@@H](C)Nc2c(C)cnc3c(C(N)=O)cccc23)cc1. The van der Waals surface area contributed by atoms with Crippen LogP contribution in [0.4, 0.5) is 5.69 Å². The molecule has 3 rings (SSSR count). The fraction of sp³-hybridized carbons (Fsp3) is 0.238. The molecule has 0 aliphatic heterocycles. The predicted molar refractivity (Wildman–Crippen MR) is 105 cm³/mol. The van der Waals surface area contributed by atoms with E-state index in [9.17, 15) is 4.79 Å². The zero-order valence-electron chi connectivity index (χ0n) is 15.2. The summed E-state index contributed by atoms with van der Waals surface area (Å²) in [6, 6.07) is 13.6. The van der Waals surface area contributed by atoms with E-state index in [1.54, 1.807) is 12.3 Å². The van der Waals surface area contributed by atoms with Crippen LogP contribution in [0.2, 0.25) is 0 Å². The minimum Gasteiger partial charge on any atom is -0.494 e. The highest BCUT2D eigenvalue weighted by molar-refractivity contribution is 6.07. The van der Waals surface area contributed by atoms with Crippen molar-refractivity contribution in [3.63, 3.8) is 0 Å². The van der Waals surface area contributed by atoms with Crippen molar-refractivity contribution in [3.8, 4) is 5.75 Å². The number of fused-ring (bicyclic) bond motifs is 1.